The summed E-state index contributed by atoms with van der Waals surface area (Å²) in [6.07, 6.45) is 5.65. The molecule has 0 atom stereocenters. The van der Waals surface area contributed by atoms with E-state index in [0.717, 1.165) is 34.2 Å². The Balaban J connectivity index is 2.40. The smallest absolute Gasteiger partial charge is 0.165 e. The van der Waals surface area contributed by atoms with Crippen molar-refractivity contribution in [1.29, 1.82) is 0 Å². The fourth-order valence-corrected chi connectivity index (χ4v) is 2.33. The first-order valence-electron chi connectivity index (χ1n) is 6.00. The van der Waals surface area contributed by atoms with Gasteiger partial charge in [0.05, 0.1) is 21.0 Å². The van der Waals surface area contributed by atoms with Gasteiger partial charge in [0.25, 0.3) is 0 Å². The molecule has 6 heteroatoms. The minimum atomic E-state index is 0.542. The fourth-order valence-electron chi connectivity index (χ4n) is 1.71. The van der Waals surface area contributed by atoms with Gasteiger partial charge in [0, 0.05) is 12.7 Å². The van der Waals surface area contributed by atoms with Gasteiger partial charge in [-0.1, -0.05) is 13.8 Å². The van der Waals surface area contributed by atoms with E-state index in [1.54, 1.807) is 6.20 Å². The number of hydrogen-bond acceptors (Lipinski definition) is 4. The molecular formula is C12H16IN5. The largest absolute Gasteiger partial charge is 0.383 e. The summed E-state index contributed by atoms with van der Waals surface area (Å²) in [6.45, 7) is 5.09. The molecule has 0 spiro atoms. The molecule has 2 aromatic heterocycles. The molecule has 5 nitrogen and oxygen atoms in total. The van der Waals surface area contributed by atoms with Crippen LogP contribution in [0.15, 0.2) is 12.4 Å². The Morgan fingerprint density at radius 3 is 2.78 bits per heavy atom. The number of nitrogens with two attached hydrogens (primary N) is 1. The van der Waals surface area contributed by atoms with Crippen LogP contribution in [0.3, 0.4) is 0 Å². The molecule has 0 amide bonds. The third kappa shape index (κ3) is 2.63. The van der Waals surface area contributed by atoms with Crippen molar-refractivity contribution in [2.45, 2.75) is 33.2 Å². The number of nitrogen functional groups attached to an aromatic ring is 1. The maximum Gasteiger partial charge on any atom is 0.165 e. The molecule has 2 rings (SSSR count). The third-order valence-corrected chi connectivity index (χ3v) is 3.80. The molecule has 0 unspecified atom stereocenters. The van der Waals surface area contributed by atoms with Crippen LogP contribution in [0.5, 0.6) is 0 Å². The van der Waals surface area contributed by atoms with Gasteiger partial charge in [-0.25, -0.2) is 9.97 Å². The molecule has 96 valence electrons. The van der Waals surface area contributed by atoms with Crippen LogP contribution in [0.1, 0.15) is 26.0 Å². The van der Waals surface area contributed by atoms with Crippen molar-refractivity contribution < 1.29 is 0 Å². The van der Waals surface area contributed by atoms with Crippen molar-refractivity contribution in [3.05, 3.63) is 21.7 Å². The van der Waals surface area contributed by atoms with E-state index in [2.05, 4.69) is 51.5 Å². The highest BCUT2D eigenvalue weighted by atomic mass is 127. The first-order valence-corrected chi connectivity index (χ1v) is 7.08. The van der Waals surface area contributed by atoms with Gasteiger partial charge in [0.1, 0.15) is 5.82 Å². The summed E-state index contributed by atoms with van der Waals surface area (Å²) >= 11 is 2.19. The van der Waals surface area contributed by atoms with Crippen molar-refractivity contribution in [2.24, 2.45) is 0 Å². The van der Waals surface area contributed by atoms with Crippen LogP contribution in [-0.2, 0) is 13.0 Å². The molecule has 0 aliphatic carbocycles. The lowest BCUT2D eigenvalue weighted by Crippen LogP contribution is -2.04. The molecule has 0 radical (unpaired) electrons. The zero-order valence-electron chi connectivity index (χ0n) is 10.5. The Morgan fingerprint density at radius 2 is 2.11 bits per heavy atom. The van der Waals surface area contributed by atoms with Crippen molar-refractivity contribution in [2.75, 3.05) is 5.73 Å². The minimum absolute atomic E-state index is 0.542. The van der Waals surface area contributed by atoms with E-state index >= 15 is 0 Å². The van der Waals surface area contributed by atoms with Gasteiger partial charge < -0.3 is 5.73 Å². The van der Waals surface area contributed by atoms with E-state index in [4.69, 9.17) is 5.73 Å². The fraction of sp³-hybridized carbons (Fsp3) is 0.417. The third-order valence-electron chi connectivity index (χ3n) is 2.62. The number of aryl methyl sites for hydroxylation is 2. The summed E-state index contributed by atoms with van der Waals surface area (Å²) in [5.41, 5.74) is 7.82. The number of aromatic nitrogens is 4. The van der Waals surface area contributed by atoms with Gasteiger partial charge in [-0.2, -0.15) is 5.10 Å². The average molecular weight is 357 g/mol. The van der Waals surface area contributed by atoms with E-state index < -0.39 is 0 Å². The molecule has 18 heavy (non-hydrogen) atoms. The van der Waals surface area contributed by atoms with Crippen LogP contribution < -0.4 is 5.73 Å². The SMILES string of the molecule is CCCn1cc(-c2nc(N)c(I)c(CC)n2)cn1. The zero-order chi connectivity index (χ0) is 13.1. The predicted molar refractivity (Wildman–Crippen MR) is 80.1 cm³/mol. The van der Waals surface area contributed by atoms with Crippen molar-refractivity contribution in [1.82, 2.24) is 19.7 Å². The lowest BCUT2D eigenvalue weighted by atomic mass is 10.3. The topological polar surface area (TPSA) is 69.6 Å². The van der Waals surface area contributed by atoms with E-state index in [9.17, 15) is 0 Å². The maximum absolute atomic E-state index is 5.91. The number of halogens is 1. The molecule has 2 heterocycles. The van der Waals surface area contributed by atoms with E-state index in [-0.39, 0.29) is 0 Å². The minimum Gasteiger partial charge on any atom is -0.383 e. The van der Waals surface area contributed by atoms with Gasteiger partial charge in [-0.15, -0.1) is 0 Å². The highest BCUT2D eigenvalue weighted by molar-refractivity contribution is 14.1. The Morgan fingerprint density at radius 1 is 1.33 bits per heavy atom. The van der Waals surface area contributed by atoms with Crippen LogP contribution in [-0.4, -0.2) is 19.7 Å². The predicted octanol–water partition coefficient (Wildman–Crippen LogP) is 2.50. The van der Waals surface area contributed by atoms with Gasteiger partial charge in [0.2, 0.25) is 0 Å². The Labute approximate surface area is 120 Å². The molecule has 0 saturated heterocycles. The molecule has 0 aliphatic rings. The summed E-state index contributed by atoms with van der Waals surface area (Å²) in [5, 5.41) is 4.28. The quantitative estimate of drug-likeness (QED) is 0.854. The highest BCUT2D eigenvalue weighted by Gasteiger charge is 2.11. The second-order valence-corrected chi connectivity index (χ2v) is 5.12. The summed E-state index contributed by atoms with van der Waals surface area (Å²) in [7, 11) is 0. The van der Waals surface area contributed by atoms with Gasteiger partial charge >= 0.3 is 0 Å². The van der Waals surface area contributed by atoms with Crippen LogP contribution in [0, 0.1) is 3.57 Å². The van der Waals surface area contributed by atoms with Crippen molar-refractivity contribution in [3.63, 3.8) is 0 Å². The molecule has 2 aromatic rings. The average Bonchev–Trinajstić information content (AvgIpc) is 2.81. The number of nitrogens with zero attached hydrogens (tertiary/aromatic N) is 4. The molecule has 2 N–H and O–H groups in total. The summed E-state index contributed by atoms with van der Waals surface area (Å²) in [4.78, 5) is 8.87. The molecule has 0 aliphatic heterocycles. The van der Waals surface area contributed by atoms with E-state index in [0.29, 0.717) is 11.6 Å². The number of hydrogen-bond donors (Lipinski definition) is 1. The van der Waals surface area contributed by atoms with Crippen molar-refractivity contribution >= 4 is 28.4 Å². The molecule has 0 fully saturated rings. The standard InChI is InChI=1S/C12H16IN5/c1-3-5-18-7-8(6-15-18)12-16-9(4-2)10(13)11(14)17-12/h6-7H,3-5H2,1-2H3,(H2,14,16,17). The number of anilines is 1. The molecular weight excluding hydrogens is 341 g/mol. The Bertz CT molecular complexity index is 549. The molecule has 0 bridgehead atoms. The zero-order valence-corrected chi connectivity index (χ0v) is 12.7. The Hall–Kier alpha value is -1.18. The lowest BCUT2D eigenvalue weighted by Gasteiger charge is -2.05. The monoisotopic (exact) mass is 357 g/mol. The summed E-state index contributed by atoms with van der Waals surface area (Å²) in [5.74, 6) is 1.20. The molecule has 0 saturated carbocycles. The Kier molecular flexibility index (Phi) is 4.15. The summed E-state index contributed by atoms with van der Waals surface area (Å²) < 4.78 is 2.85. The second-order valence-electron chi connectivity index (χ2n) is 4.04. The van der Waals surface area contributed by atoms with E-state index in [1.807, 2.05) is 10.9 Å². The lowest BCUT2D eigenvalue weighted by molar-refractivity contribution is 0.603. The van der Waals surface area contributed by atoms with Crippen LogP contribution in [0.25, 0.3) is 11.4 Å². The molecule has 0 aromatic carbocycles. The highest BCUT2D eigenvalue weighted by Crippen LogP contribution is 2.22. The van der Waals surface area contributed by atoms with Crippen LogP contribution >= 0.6 is 22.6 Å². The first-order chi connectivity index (χ1) is 8.65. The first kappa shape index (κ1) is 13.3. The van der Waals surface area contributed by atoms with E-state index in [1.165, 1.54) is 0 Å². The van der Waals surface area contributed by atoms with Gasteiger partial charge in [-0.05, 0) is 35.4 Å². The van der Waals surface area contributed by atoms with Crippen LogP contribution in [0.4, 0.5) is 5.82 Å². The normalized spacial score (nSPS) is 10.8. The van der Waals surface area contributed by atoms with Gasteiger partial charge in [-0.3, -0.25) is 4.68 Å². The second kappa shape index (κ2) is 5.64. The van der Waals surface area contributed by atoms with Gasteiger partial charge in [0.15, 0.2) is 5.82 Å². The van der Waals surface area contributed by atoms with Crippen LogP contribution in [0.2, 0.25) is 0 Å². The van der Waals surface area contributed by atoms with Crippen molar-refractivity contribution in [3.8, 4) is 11.4 Å². The summed E-state index contributed by atoms with van der Waals surface area (Å²) in [6, 6.07) is 0. The number of rotatable bonds is 4. The maximum atomic E-state index is 5.91.